The van der Waals surface area contributed by atoms with Gasteiger partial charge in [0, 0.05) is 6.04 Å². The second-order valence-electron chi connectivity index (χ2n) is 7.44. The van der Waals surface area contributed by atoms with Crippen molar-refractivity contribution in [2.24, 2.45) is 11.3 Å². The third-order valence-electron chi connectivity index (χ3n) is 5.17. The molecule has 0 amide bonds. The number of benzene rings is 1. The van der Waals surface area contributed by atoms with Crippen molar-refractivity contribution in [1.29, 1.82) is 0 Å². The van der Waals surface area contributed by atoms with Gasteiger partial charge in [-0.25, -0.2) is 4.39 Å². The molecule has 118 valence electrons. The molecular weight excluding hydrogens is 261 g/mol. The van der Waals surface area contributed by atoms with Crippen molar-refractivity contribution in [2.45, 2.75) is 65.8 Å². The summed E-state index contributed by atoms with van der Waals surface area (Å²) in [6, 6.07) is 5.65. The second kappa shape index (κ2) is 6.91. The van der Waals surface area contributed by atoms with Crippen LogP contribution in [0.3, 0.4) is 0 Å². The molecular formula is C19H30FN. The van der Waals surface area contributed by atoms with Gasteiger partial charge in [0.15, 0.2) is 0 Å². The normalized spacial score (nSPS) is 20.4. The first-order valence-corrected chi connectivity index (χ1v) is 8.40. The van der Waals surface area contributed by atoms with E-state index < -0.39 is 0 Å². The SMILES string of the molecule is CCNC(Cc1cc(F)ccc1C)C1CCC(C)(C)CC1. The molecule has 21 heavy (non-hydrogen) atoms. The summed E-state index contributed by atoms with van der Waals surface area (Å²) >= 11 is 0. The summed E-state index contributed by atoms with van der Waals surface area (Å²) in [5.74, 6) is 0.608. The van der Waals surface area contributed by atoms with E-state index in [9.17, 15) is 4.39 Å². The largest absolute Gasteiger partial charge is 0.314 e. The molecule has 1 aromatic rings. The minimum absolute atomic E-state index is 0.115. The second-order valence-corrected chi connectivity index (χ2v) is 7.44. The minimum atomic E-state index is -0.115. The first kappa shape index (κ1) is 16.5. The molecule has 0 spiro atoms. The van der Waals surface area contributed by atoms with Crippen LogP contribution in [0, 0.1) is 24.1 Å². The predicted molar refractivity (Wildman–Crippen MR) is 88.0 cm³/mol. The van der Waals surface area contributed by atoms with Gasteiger partial charge in [0.25, 0.3) is 0 Å². The number of halogens is 1. The number of rotatable bonds is 5. The molecule has 1 aliphatic carbocycles. The summed E-state index contributed by atoms with van der Waals surface area (Å²) in [4.78, 5) is 0. The van der Waals surface area contributed by atoms with Crippen LogP contribution in [-0.4, -0.2) is 12.6 Å². The smallest absolute Gasteiger partial charge is 0.123 e. The van der Waals surface area contributed by atoms with E-state index in [1.54, 1.807) is 12.1 Å². The van der Waals surface area contributed by atoms with E-state index in [0.29, 0.717) is 11.5 Å². The van der Waals surface area contributed by atoms with Crippen LogP contribution in [0.2, 0.25) is 0 Å². The van der Waals surface area contributed by atoms with Crippen LogP contribution in [-0.2, 0) is 6.42 Å². The maximum Gasteiger partial charge on any atom is 0.123 e. The van der Waals surface area contributed by atoms with Gasteiger partial charge in [-0.1, -0.05) is 26.8 Å². The van der Waals surface area contributed by atoms with Crippen LogP contribution in [0.15, 0.2) is 18.2 Å². The standard InChI is InChI=1S/C19H30FN/c1-5-21-18(15-8-10-19(3,4)11-9-15)13-16-12-17(20)7-6-14(16)2/h6-7,12,15,18,21H,5,8-11,13H2,1-4H3. The molecule has 0 radical (unpaired) electrons. The van der Waals surface area contributed by atoms with Crippen LogP contribution in [0.25, 0.3) is 0 Å². The van der Waals surface area contributed by atoms with Crippen molar-refractivity contribution in [3.05, 3.63) is 35.1 Å². The maximum atomic E-state index is 13.5. The summed E-state index contributed by atoms with van der Waals surface area (Å²) in [7, 11) is 0. The molecule has 1 saturated carbocycles. The lowest BCUT2D eigenvalue weighted by Crippen LogP contribution is -2.40. The van der Waals surface area contributed by atoms with E-state index in [4.69, 9.17) is 0 Å². The van der Waals surface area contributed by atoms with Crippen LogP contribution in [0.5, 0.6) is 0 Å². The first-order valence-electron chi connectivity index (χ1n) is 8.40. The van der Waals surface area contributed by atoms with Crippen LogP contribution in [0.1, 0.15) is 57.6 Å². The average Bonchev–Trinajstić information content (AvgIpc) is 2.42. The highest BCUT2D eigenvalue weighted by molar-refractivity contribution is 5.27. The highest BCUT2D eigenvalue weighted by Gasteiger charge is 2.31. The van der Waals surface area contributed by atoms with Crippen LogP contribution < -0.4 is 5.32 Å². The van der Waals surface area contributed by atoms with Gasteiger partial charge in [0.2, 0.25) is 0 Å². The van der Waals surface area contributed by atoms with E-state index in [2.05, 4.69) is 33.0 Å². The Hall–Kier alpha value is -0.890. The van der Waals surface area contributed by atoms with Gasteiger partial charge in [0.05, 0.1) is 0 Å². The van der Waals surface area contributed by atoms with Crippen molar-refractivity contribution in [3.8, 4) is 0 Å². The molecule has 2 rings (SSSR count). The van der Waals surface area contributed by atoms with Crippen molar-refractivity contribution >= 4 is 0 Å². The fourth-order valence-corrected chi connectivity index (χ4v) is 3.59. The van der Waals surface area contributed by atoms with E-state index in [1.807, 2.05) is 6.07 Å². The van der Waals surface area contributed by atoms with Gasteiger partial charge >= 0.3 is 0 Å². The molecule has 0 aromatic heterocycles. The highest BCUT2D eigenvalue weighted by Crippen LogP contribution is 2.39. The highest BCUT2D eigenvalue weighted by atomic mass is 19.1. The molecule has 1 atom stereocenters. The summed E-state index contributed by atoms with van der Waals surface area (Å²) in [6.07, 6.45) is 6.14. The fourth-order valence-electron chi connectivity index (χ4n) is 3.59. The third kappa shape index (κ3) is 4.54. The Labute approximate surface area is 129 Å². The third-order valence-corrected chi connectivity index (χ3v) is 5.17. The van der Waals surface area contributed by atoms with E-state index in [-0.39, 0.29) is 5.82 Å². The predicted octanol–water partition coefficient (Wildman–Crippen LogP) is 4.87. The zero-order valence-electron chi connectivity index (χ0n) is 14.0. The average molecular weight is 291 g/mol. The Bertz CT molecular complexity index is 457. The molecule has 0 aliphatic heterocycles. The number of aryl methyl sites for hydroxylation is 1. The molecule has 0 bridgehead atoms. The fraction of sp³-hybridized carbons (Fsp3) is 0.684. The van der Waals surface area contributed by atoms with Crippen molar-refractivity contribution in [2.75, 3.05) is 6.54 Å². The summed E-state index contributed by atoms with van der Waals surface area (Å²) < 4.78 is 13.5. The van der Waals surface area contributed by atoms with Crippen molar-refractivity contribution in [3.63, 3.8) is 0 Å². The molecule has 2 heteroatoms. The van der Waals surface area contributed by atoms with Crippen LogP contribution in [0.4, 0.5) is 4.39 Å². The summed E-state index contributed by atoms with van der Waals surface area (Å²) in [5.41, 5.74) is 2.86. The molecule has 1 aromatic carbocycles. The lowest BCUT2D eigenvalue weighted by atomic mass is 9.70. The monoisotopic (exact) mass is 291 g/mol. The number of likely N-dealkylation sites (N-methyl/N-ethyl adjacent to an activating group) is 1. The van der Waals surface area contributed by atoms with Crippen LogP contribution >= 0.6 is 0 Å². The molecule has 1 unspecified atom stereocenters. The van der Waals surface area contributed by atoms with Crippen molar-refractivity contribution < 1.29 is 4.39 Å². The lowest BCUT2D eigenvalue weighted by Gasteiger charge is -2.38. The minimum Gasteiger partial charge on any atom is -0.314 e. The zero-order chi connectivity index (χ0) is 15.5. The maximum absolute atomic E-state index is 13.5. The molecule has 0 heterocycles. The summed E-state index contributed by atoms with van der Waals surface area (Å²) in [5, 5.41) is 3.65. The Kier molecular flexibility index (Phi) is 5.43. The Morgan fingerprint density at radius 1 is 1.29 bits per heavy atom. The molecule has 0 saturated heterocycles. The van der Waals surface area contributed by atoms with Gasteiger partial charge in [-0.15, -0.1) is 0 Å². The van der Waals surface area contributed by atoms with Gasteiger partial charge in [0.1, 0.15) is 5.82 Å². The van der Waals surface area contributed by atoms with E-state index in [0.717, 1.165) is 24.4 Å². The number of nitrogens with one attached hydrogen (secondary N) is 1. The van der Waals surface area contributed by atoms with Gasteiger partial charge in [-0.2, -0.15) is 0 Å². The zero-order valence-corrected chi connectivity index (χ0v) is 14.0. The Balaban J connectivity index is 2.07. The number of hydrogen-bond acceptors (Lipinski definition) is 1. The van der Waals surface area contributed by atoms with Gasteiger partial charge in [-0.05, 0) is 80.2 Å². The van der Waals surface area contributed by atoms with Gasteiger partial charge < -0.3 is 5.32 Å². The molecule has 1 N–H and O–H groups in total. The van der Waals surface area contributed by atoms with Crippen molar-refractivity contribution in [1.82, 2.24) is 5.32 Å². The van der Waals surface area contributed by atoms with E-state index >= 15 is 0 Å². The first-order chi connectivity index (χ1) is 9.91. The summed E-state index contributed by atoms with van der Waals surface area (Å²) in [6.45, 7) is 9.99. The molecule has 1 fully saturated rings. The quantitative estimate of drug-likeness (QED) is 0.816. The molecule has 1 nitrogen and oxygen atoms in total. The Morgan fingerprint density at radius 3 is 2.57 bits per heavy atom. The topological polar surface area (TPSA) is 12.0 Å². The van der Waals surface area contributed by atoms with E-state index in [1.165, 1.54) is 31.2 Å². The van der Waals surface area contributed by atoms with Gasteiger partial charge in [-0.3, -0.25) is 0 Å². The lowest BCUT2D eigenvalue weighted by molar-refractivity contribution is 0.161. The number of hydrogen-bond donors (Lipinski definition) is 1. The Morgan fingerprint density at radius 2 is 1.95 bits per heavy atom. The molecule has 1 aliphatic rings.